The number of nitrogens with one attached hydrogen (secondary N) is 3. The second-order valence-corrected chi connectivity index (χ2v) is 5.93. The molecular formula is C20H26FIN4O. The predicted molar refractivity (Wildman–Crippen MR) is 118 cm³/mol. The Kier molecular flexibility index (Phi) is 10.4. The molecule has 0 bridgehead atoms. The summed E-state index contributed by atoms with van der Waals surface area (Å²) in [5.74, 6) is 0.324. The highest BCUT2D eigenvalue weighted by Gasteiger charge is 2.04. The quantitative estimate of drug-likeness (QED) is 0.245. The molecule has 0 aliphatic rings. The minimum absolute atomic E-state index is 0. The van der Waals surface area contributed by atoms with Gasteiger partial charge < -0.3 is 16.0 Å². The van der Waals surface area contributed by atoms with E-state index >= 15 is 0 Å². The molecule has 0 aromatic heterocycles. The van der Waals surface area contributed by atoms with Gasteiger partial charge in [-0.3, -0.25) is 9.79 Å². The molecule has 0 heterocycles. The molecule has 0 aliphatic carbocycles. The van der Waals surface area contributed by atoms with Crippen LogP contribution in [0.1, 0.15) is 21.5 Å². The highest BCUT2D eigenvalue weighted by atomic mass is 127. The molecule has 5 nitrogen and oxygen atoms in total. The van der Waals surface area contributed by atoms with Crippen LogP contribution >= 0.6 is 24.0 Å². The van der Waals surface area contributed by atoms with E-state index in [9.17, 15) is 9.18 Å². The van der Waals surface area contributed by atoms with Crippen molar-refractivity contribution in [1.82, 2.24) is 16.0 Å². The van der Waals surface area contributed by atoms with Gasteiger partial charge in [0.1, 0.15) is 5.82 Å². The molecule has 2 rings (SSSR count). The summed E-state index contributed by atoms with van der Waals surface area (Å²) in [7, 11) is 1.68. The van der Waals surface area contributed by atoms with E-state index in [4.69, 9.17) is 0 Å². The number of nitrogens with zero attached hydrogens (tertiary/aromatic N) is 1. The summed E-state index contributed by atoms with van der Waals surface area (Å²) in [6.45, 7) is 3.63. The third-order valence-electron chi connectivity index (χ3n) is 3.80. The van der Waals surface area contributed by atoms with Crippen LogP contribution in [0.4, 0.5) is 4.39 Å². The number of aliphatic imine (C=N–C) groups is 1. The Morgan fingerprint density at radius 1 is 1.00 bits per heavy atom. The summed E-state index contributed by atoms with van der Waals surface area (Å²) in [5.41, 5.74) is 2.64. The van der Waals surface area contributed by atoms with E-state index in [0.29, 0.717) is 37.6 Å². The topological polar surface area (TPSA) is 65.5 Å². The molecule has 0 spiro atoms. The van der Waals surface area contributed by atoms with Gasteiger partial charge in [-0.2, -0.15) is 0 Å². The fourth-order valence-electron chi connectivity index (χ4n) is 2.48. The third-order valence-corrected chi connectivity index (χ3v) is 3.80. The maximum absolute atomic E-state index is 13.1. The zero-order chi connectivity index (χ0) is 18.8. The lowest BCUT2D eigenvalue weighted by Crippen LogP contribution is -2.42. The molecule has 1 amide bonds. The average Bonchev–Trinajstić information content (AvgIpc) is 2.63. The maximum Gasteiger partial charge on any atom is 0.251 e. The SMILES string of the molecule is CN=C(NCCNC(=O)c1cccc(C)c1)NCCc1cccc(F)c1.I. The van der Waals surface area contributed by atoms with Crippen LogP contribution in [-0.4, -0.2) is 38.5 Å². The molecule has 0 saturated heterocycles. The number of hydrogen-bond acceptors (Lipinski definition) is 2. The summed E-state index contributed by atoms with van der Waals surface area (Å²) in [6, 6.07) is 14.0. The van der Waals surface area contributed by atoms with Crippen molar-refractivity contribution in [2.24, 2.45) is 4.99 Å². The average molecular weight is 484 g/mol. The molecule has 0 aliphatic heterocycles. The van der Waals surface area contributed by atoms with Crippen LogP contribution in [0.3, 0.4) is 0 Å². The Labute approximate surface area is 176 Å². The van der Waals surface area contributed by atoms with Crippen LogP contribution in [0.5, 0.6) is 0 Å². The standard InChI is InChI=1S/C20H25FN4O.HI/c1-15-5-3-7-17(13-15)19(26)23-11-12-25-20(22-2)24-10-9-16-6-4-8-18(21)14-16;/h3-8,13-14H,9-12H2,1-2H3,(H,23,26)(H2,22,24,25);1H. The second kappa shape index (κ2) is 12.3. The van der Waals surface area contributed by atoms with Gasteiger partial charge in [0.25, 0.3) is 5.91 Å². The van der Waals surface area contributed by atoms with Gasteiger partial charge in [-0.25, -0.2) is 4.39 Å². The largest absolute Gasteiger partial charge is 0.356 e. The Balaban J connectivity index is 0.00000364. The molecule has 2 aromatic rings. The summed E-state index contributed by atoms with van der Waals surface area (Å²) < 4.78 is 13.1. The van der Waals surface area contributed by atoms with Gasteiger partial charge in [0.05, 0.1) is 0 Å². The van der Waals surface area contributed by atoms with Crippen LogP contribution in [0.25, 0.3) is 0 Å². The van der Waals surface area contributed by atoms with Crippen molar-refractivity contribution in [3.05, 3.63) is 71.0 Å². The zero-order valence-corrected chi connectivity index (χ0v) is 17.9. The number of halogens is 2. The van der Waals surface area contributed by atoms with E-state index in [1.807, 2.05) is 31.2 Å². The fraction of sp³-hybridized carbons (Fsp3) is 0.300. The highest BCUT2D eigenvalue weighted by molar-refractivity contribution is 14.0. The molecule has 0 radical (unpaired) electrons. The lowest BCUT2D eigenvalue weighted by molar-refractivity contribution is 0.0954. The Morgan fingerprint density at radius 3 is 2.41 bits per heavy atom. The zero-order valence-electron chi connectivity index (χ0n) is 15.6. The molecule has 146 valence electrons. The van der Waals surface area contributed by atoms with Gasteiger partial charge >= 0.3 is 0 Å². The minimum atomic E-state index is -0.227. The van der Waals surface area contributed by atoms with Crippen molar-refractivity contribution in [1.29, 1.82) is 0 Å². The van der Waals surface area contributed by atoms with Gasteiger partial charge in [0.2, 0.25) is 0 Å². The van der Waals surface area contributed by atoms with Gasteiger partial charge in [0.15, 0.2) is 5.96 Å². The number of benzene rings is 2. The van der Waals surface area contributed by atoms with Gasteiger partial charge in [0, 0.05) is 32.2 Å². The number of hydrogen-bond donors (Lipinski definition) is 3. The molecular weight excluding hydrogens is 458 g/mol. The van der Waals surface area contributed by atoms with Crippen molar-refractivity contribution in [2.75, 3.05) is 26.7 Å². The van der Waals surface area contributed by atoms with Gasteiger partial charge in [-0.05, 0) is 43.2 Å². The lowest BCUT2D eigenvalue weighted by Gasteiger charge is -2.12. The first kappa shape index (κ1) is 22.9. The fourth-order valence-corrected chi connectivity index (χ4v) is 2.48. The van der Waals surface area contributed by atoms with Crippen molar-refractivity contribution in [3.63, 3.8) is 0 Å². The number of carbonyl (C=O) groups is 1. The number of aryl methyl sites for hydroxylation is 1. The molecule has 27 heavy (non-hydrogen) atoms. The smallest absolute Gasteiger partial charge is 0.251 e. The second-order valence-electron chi connectivity index (χ2n) is 5.93. The van der Waals surface area contributed by atoms with E-state index in [0.717, 1.165) is 11.1 Å². The summed E-state index contributed by atoms with van der Waals surface area (Å²) >= 11 is 0. The molecule has 0 unspecified atom stereocenters. The third kappa shape index (κ3) is 8.38. The van der Waals surface area contributed by atoms with Crippen LogP contribution < -0.4 is 16.0 Å². The van der Waals surface area contributed by atoms with Crippen LogP contribution in [0, 0.1) is 12.7 Å². The van der Waals surface area contributed by atoms with E-state index in [1.54, 1.807) is 19.2 Å². The first-order valence-corrected chi connectivity index (χ1v) is 8.62. The van der Waals surface area contributed by atoms with Crippen LogP contribution in [0.2, 0.25) is 0 Å². The van der Waals surface area contributed by atoms with Crippen molar-refractivity contribution >= 4 is 35.8 Å². The molecule has 0 atom stereocenters. The summed E-state index contributed by atoms with van der Waals surface area (Å²) in [4.78, 5) is 16.2. The van der Waals surface area contributed by atoms with E-state index in [2.05, 4.69) is 20.9 Å². The van der Waals surface area contributed by atoms with Crippen molar-refractivity contribution < 1.29 is 9.18 Å². The number of guanidine groups is 1. The van der Waals surface area contributed by atoms with Crippen molar-refractivity contribution in [3.8, 4) is 0 Å². The van der Waals surface area contributed by atoms with Crippen LogP contribution in [0.15, 0.2) is 53.5 Å². The molecule has 2 aromatic carbocycles. The number of rotatable bonds is 7. The lowest BCUT2D eigenvalue weighted by atomic mass is 10.1. The first-order chi connectivity index (χ1) is 12.6. The molecule has 0 saturated carbocycles. The van der Waals surface area contributed by atoms with E-state index in [1.165, 1.54) is 12.1 Å². The molecule has 0 fully saturated rings. The molecule has 3 N–H and O–H groups in total. The molecule has 7 heteroatoms. The van der Waals surface area contributed by atoms with E-state index < -0.39 is 0 Å². The Bertz CT molecular complexity index is 767. The van der Waals surface area contributed by atoms with Gasteiger partial charge in [-0.1, -0.05) is 29.8 Å². The number of carbonyl (C=O) groups excluding carboxylic acids is 1. The summed E-state index contributed by atoms with van der Waals surface area (Å²) in [5, 5.41) is 9.17. The van der Waals surface area contributed by atoms with Gasteiger partial charge in [-0.15, -0.1) is 24.0 Å². The minimum Gasteiger partial charge on any atom is -0.356 e. The normalized spacial score (nSPS) is 10.7. The maximum atomic E-state index is 13.1. The Hall–Kier alpha value is -2.16. The van der Waals surface area contributed by atoms with E-state index in [-0.39, 0.29) is 35.7 Å². The predicted octanol–water partition coefficient (Wildman–Crippen LogP) is 2.89. The number of amides is 1. The van der Waals surface area contributed by atoms with Crippen molar-refractivity contribution in [2.45, 2.75) is 13.3 Å². The van der Waals surface area contributed by atoms with Crippen LogP contribution in [-0.2, 0) is 6.42 Å². The first-order valence-electron chi connectivity index (χ1n) is 8.62. The monoisotopic (exact) mass is 484 g/mol. The Morgan fingerprint density at radius 2 is 1.70 bits per heavy atom. The summed E-state index contributed by atoms with van der Waals surface area (Å²) in [6.07, 6.45) is 0.697. The highest BCUT2D eigenvalue weighted by Crippen LogP contribution is 2.04.